The Balaban J connectivity index is 1.96. The van der Waals surface area contributed by atoms with Crippen molar-refractivity contribution in [3.8, 4) is 5.88 Å². The van der Waals surface area contributed by atoms with Gasteiger partial charge in [0.25, 0.3) is 5.91 Å². The number of hydrogen-bond donors (Lipinski definition) is 2. The molecular weight excluding hydrogens is 358 g/mol. The van der Waals surface area contributed by atoms with Crippen molar-refractivity contribution in [2.75, 3.05) is 14.2 Å². The molecule has 26 heavy (non-hydrogen) atoms. The highest BCUT2D eigenvalue weighted by atomic mass is 32.1. The van der Waals surface area contributed by atoms with Gasteiger partial charge in [0.15, 0.2) is 5.82 Å². The fraction of sp³-hybridized carbons (Fsp3) is 0.529. The summed E-state index contributed by atoms with van der Waals surface area (Å²) in [6.45, 7) is 2.06. The first-order chi connectivity index (χ1) is 12.4. The van der Waals surface area contributed by atoms with Gasteiger partial charge < -0.3 is 19.9 Å². The standard InChI is InChI=1S/C17H21N3O5S/c1-9-12-15(25-3)18-10(8-24-2)19-16(12)26-13(9)14(23)20-17(5-4-6-17)7-11(21)22/h4-8H2,1-3H3,(H,20,23)(H,21,22). The Labute approximate surface area is 154 Å². The highest BCUT2D eigenvalue weighted by molar-refractivity contribution is 7.20. The summed E-state index contributed by atoms with van der Waals surface area (Å²) < 4.78 is 10.4. The third kappa shape index (κ3) is 3.36. The molecule has 1 fully saturated rings. The molecule has 140 valence electrons. The zero-order valence-electron chi connectivity index (χ0n) is 14.9. The third-order valence-electron chi connectivity index (χ3n) is 4.66. The van der Waals surface area contributed by atoms with E-state index in [-0.39, 0.29) is 18.9 Å². The van der Waals surface area contributed by atoms with Gasteiger partial charge in [-0.3, -0.25) is 9.59 Å². The lowest BCUT2D eigenvalue weighted by atomic mass is 9.74. The number of nitrogens with one attached hydrogen (secondary N) is 1. The molecule has 9 heteroatoms. The van der Waals surface area contributed by atoms with Gasteiger partial charge in [-0.15, -0.1) is 11.3 Å². The van der Waals surface area contributed by atoms with E-state index in [1.165, 1.54) is 18.4 Å². The summed E-state index contributed by atoms with van der Waals surface area (Å²) in [7, 11) is 3.07. The van der Waals surface area contributed by atoms with Gasteiger partial charge in [0.05, 0.1) is 29.3 Å². The predicted octanol–water partition coefficient (Wildman–Crippen LogP) is 2.28. The number of carboxylic acid groups (broad SMARTS) is 1. The average Bonchev–Trinajstić information content (AvgIpc) is 2.89. The van der Waals surface area contributed by atoms with Crippen LogP contribution < -0.4 is 10.1 Å². The first-order valence-corrected chi connectivity index (χ1v) is 9.08. The van der Waals surface area contributed by atoms with E-state index in [1.54, 1.807) is 7.11 Å². The van der Waals surface area contributed by atoms with Gasteiger partial charge in [-0.2, -0.15) is 4.98 Å². The second-order valence-electron chi connectivity index (χ2n) is 6.48. The first kappa shape index (κ1) is 18.5. The van der Waals surface area contributed by atoms with Crippen molar-refractivity contribution in [1.82, 2.24) is 15.3 Å². The van der Waals surface area contributed by atoms with E-state index in [0.29, 0.717) is 39.6 Å². The summed E-state index contributed by atoms with van der Waals surface area (Å²) in [4.78, 5) is 33.9. The summed E-state index contributed by atoms with van der Waals surface area (Å²) in [5, 5.41) is 12.8. The van der Waals surface area contributed by atoms with E-state index in [9.17, 15) is 9.59 Å². The summed E-state index contributed by atoms with van der Waals surface area (Å²) in [5.41, 5.74) is 0.0794. The molecule has 1 aliphatic carbocycles. The predicted molar refractivity (Wildman–Crippen MR) is 95.7 cm³/mol. The molecule has 2 aromatic heterocycles. The topological polar surface area (TPSA) is 111 Å². The zero-order valence-corrected chi connectivity index (χ0v) is 15.7. The molecule has 2 heterocycles. The number of carboxylic acids is 1. The molecule has 0 aromatic carbocycles. The number of amides is 1. The fourth-order valence-electron chi connectivity index (χ4n) is 3.24. The Morgan fingerprint density at radius 1 is 1.31 bits per heavy atom. The molecule has 0 radical (unpaired) electrons. The molecule has 0 bridgehead atoms. The molecule has 1 amide bonds. The number of thiophene rings is 1. The Morgan fingerprint density at radius 3 is 2.58 bits per heavy atom. The SMILES string of the molecule is COCc1nc(OC)c2c(C)c(C(=O)NC3(CC(=O)O)CCC3)sc2n1. The van der Waals surface area contributed by atoms with E-state index < -0.39 is 11.5 Å². The maximum atomic E-state index is 12.8. The lowest BCUT2D eigenvalue weighted by Crippen LogP contribution is -2.54. The number of ether oxygens (including phenoxy) is 2. The minimum atomic E-state index is -0.908. The van der Waals surface area contributed by atoms with E-state index in [1.807, 2.05) is 6.92 Å². The van der Waals surface area contributed by atoms with Crippen LogP contribution in [0.1, 0.15) is 46.7 Å². The molecule has 1 aliphatic rings. The highest BCUT2D eigenvalue weighted by Crippen LogP contribution is 2.38. The molecule has 2 N–H and O–H groups in total. The molecule has 0 saturated heterocycles. The van der Waals surface area contributed by atoms with Crippen molar-refractivity contribution in [3.63, 3.8) is 0 Å². The summed E-state index contributed by atoms with van der Waals surface area (Å²) in [6, 6.07) is 0. The van der Waals surface area contributed by atoms with Crippen molar-refractivity contribution >= 4 is 33.4 Å². The second-order valence-corrected chi connectivity index (χ2v) is 7.48. The van der Waals surface area contributed by atoms with Gasteiger partial charge >= 0.3 is 5.97 Å². The van der Waals surface area contributed by atoms with Crippen LogP contribution in [0.5, 0.6) is 5.88 Å². The normalized spacial score (nSPS) is 15.5. The lowest BCUT2D eigenvalue weighted by molar-refractivity contribution is -0.139. The Kier molecular flexibility index (Phi) is 5.10. The number of carbonyl (C=O) groups excluding carboxylic acids is 1. The minimum Gasteiger partial charge on any atom is -0.481 e. The van der Waals surface area contributed by atoms with Gasteiger partial charge in [-0.25, -0.2) is 4.98 Å². The molecule has 8 nitrogen and oxygen atoms in total. The quantitative estimate of drug-likeness (QED) is 0.759. The number of hydrogen-bond acceptors (Lipinski definition) is 7. The Bertz CT molecular complexity index is 860. The van der Waals surface area contributed by atoms with Crippen LogP contribution in [0, 0.1) is 6.92 Å². The number of rotatable bonds is 7. The molecule has 1 saturated carbocycles. The zero-order chi connectivity index (χ0) is 18.9. The van der Waals surface area contributed by atoms with Crippen LogP contribution in [-0.4, -0.2) is 46.7 Å². The summed E-state index contributed by atoms with van der Waals surface area (Å²) >= 11 is 1.25. The summed E-state index contributed by atoms with van der Waals surface area (Å²) in [6.07, 6.45) is 2.20. The number of carbonyl (C=O) groups is 2. The Morgan fingerprint density at radius 2 is 2.04 bits per heavy atom. The maximum absolute atomic E-state index is 12.8. The van der Waals surface area contributed by atoms with Crippen LogP contribution in [-0.2, 0) is 16.1 Å². The van der Waals surface area contributed by atoms with E-state index in [0.717, 1.165) is 12.0 Å². The van der Waals surface area contributed by atoms with Crippen molar-refractivity contribution in [2.24, 2.45) is 0 Å². The van der Waals surface area contributed by atoms with Crippen LogP contribution in [0.25, 0.3) is 10.2 Å². The molecule has 0 aliphatic heterocycles. The molecule has 2 aromatic rings. The third-order valence-corrected chi connectivity index (χ3v) is 5.84. The maximum Gasteiger partial charge on any atom is 0.305 e. The smallest absolute Gasteiger partial charge is 0.305 e. The van der Waals surface area contributed by atoms with Gasteiger partial charge in [0, 0.05) is 7.11 Å². The monoisotopic (exact) mass is 379 g/mol. The number of nitrogens with zero attached hydrogens (tertiary/aromatic N) is 2. The fourth-order valence-corrected chi connectivity index (χ4v) is 4.32. The molecular formula is C17H21N3O5S. The Hall–Kier alpha value is -2.26. The van der Waals surface area contributed by atoms with E-state index in [4.69, 9.17) is 14.6 Å². The summed E-state index contributed by atoms with van der Waals surface area (Å²) in [5.74, 6) is -0.304. The molecule has 3 rings (SSSR count). The largest absolute Gasteiger partial charge is 0.481 e. The number of aliphatic carboxylic acids is 1. The van der Waals surface area contributed by atoms with Crippen molar-refractivity contribution in [2.45, 2.75) is 44.8 Å². The second kappa shape index (κ2) is 7.16. The average molecular weight is 379 g/mol. The van der Waals surface area contributed by atoms with E-state index in [2.05, 4.69) is 15.3 Å². The van der Waals surface area contributed by atoms with Crippen LogP contribution >= 0.6 is 11.3 Å². The number of methoxy groups -OCH3 is 2. The van der Waals surface area contributed by atoms with Crippen molar-refractivity contribution in [1.29, 1.82) is 0 Å². The van der Waals surface area contributed by atoms with Crippen LogP contribution in [0.4, 0.5) is 0 Å². The number of aryl methyl sites for hydroxylation is 1. The number of aromatic nitrogens is 2. The van der Waals surface area contributed by atoms with Crippen molar-refractivity contribution < 1.29 is 24.2 Å². The highest BCUT2D eigenvalue weighted by Gasteiger charge is 2.41. The first-order valence-electron chi connectivity index (χ1n) is 8.26. The van der Waals surface area contributed by atoms with Gasteiger partial charge in [0.1, 0.15) is 11.4 Å². The minimum absolute atomic E-state index is 0.0657. The van der Waals surface area contributed by atoms with Gasteiger partial charge in [-0.1, -0.05) is 0 Å². The molecule has 0 spiro atoms. The molecule has 0 atom stereocenters. The lowest BCUT2D eigenvalue weighted by Gasteiger charge is -2.41. The van der Waals surface area contributed by atoms with Crippen LogP contribution in [0.15, 0.2) is 0 Å². The molecule has 0 unspecified atom stereocenters. The van der Waals surface area contributed by atoms with E-state index >= 15 is 0 Å². The van der Waals surface area contributed by atoms with Gasteiger partial charge in [0.2, 0.25) is 5.88 Å². The van der Waals surface area contributed by atoms with Crippen LogP contribution in [0.2, 0.25) is 0 Å². The van der Waals surface area contributed by atoms with Crippen LogP contribution in [0.3, 0.4) is 0 Å². The number of fused-ring (bicyclic) bond motifs is 1. The van der Waals surface area contributed by atoms with Gasteiger partial charge in [-0.05, 0) is 31.7 Å². The van der Waals surface area contributed by atoms with Crippen molar-refractivity contribution in [3.05, 3.63) is 16.3 Å².